The van der Waals surface area contributed by atoms with Crippen molar-refractivity contribution in [3.05, 3.63) is 0 Å². The minimum atomic E-state index is -0.178. The van der Waals surface area contributed by atoms with Crippen molar-refractivity contribution in [2.45, 2.75) is 103 Å². The molecule has 1 unspecified atom stereocenters. The molecule has 0 aliphatic heterocycles. The second-order valence-electron chi connectivity index (χ2n) is 6.42. The van der Waals surface area contributed by atoms with E-state index in [4.69, 9.17) is 4.74 Å². The quantitative estimate of drug-likeness (QED) is 0.307. The van der Waals surface area contributed by atoms with Crippen LogP contribution in [0.1, 0.15) is 97.3 Å². The van der Waals surface area contributed by atoms with Crippen LogP contribution in [0, 0.1) is 0 Å². The molecule has 0 bridgehead atoms. The molecule has 0 rings (SSSR count). The van der Waals surface area contributed by atoms with E-state index in [1.54, 1.807) is 0 Å². The Hall–Kier alpha value is -1.06. The summed E-state index contributed by atoms with van der Waals surface area (Å²) < 4.78 is 9.72. The summed E-state index contributed by atoms with van der Waals surface area (Å²) in [6, 6.07) is 0. The third-order valence-corrected chi connectivity index (χ3v) is 4.09. The van der Waals surface area contributed by atoms with Gasteiger partial charge < -0.3 is 9.47 Å². The van der Waals surface area contributed by atoms with E-state index in [1.165, 1.54) is 65.4 Å². The number of carbonyl (C=O) groups excluding carboxylic acids is 2. The van der Waals surface area contributed by atoms with Crippen molar-refractivity contribution in [3.63, 3.8) is 0 Å². The number of hydrogen-bond donors (Lipinski definition) is 0. The van der Waals surface area contributed by atoms with E-state index in [-0.39, 0.29) is 18.0 Å². The summed E-state index contributed by atoms with van der Waals surface area (Å²) >= 11 is 0. The average Bonchev–Trinajstić information content (AvgIpc) is 2.50. The zero-order valence-corrected chi connectivity index (χ0v) is 15.4. The SMILES string of the molecule is COC(=O)CCCCCCCCCCCCCC(C)OC(C)=O. The molecular weight excluding hydrogens is 292 g/mol. The summed E-state index contributed by atoms with van der Waals surface area (Å²) in [7, 11) is 1.45. The fraction of sp³-hybridized carbons (Fsp3) is 0.895. The maximum atomic E-state index is 10.9. The highest BCUT2D eigenvalue weighted by Crippen LogP contribution is 2.13. The third-order valence-electron chi connectivity index (χ3n) is 4.09. The van der Waals surface area contributed by atoms with Crippen LogP contribution in [0.25, 0.3) is 0 Å². The first kappa shape index (κ1) is 21.9. The van der Waals surface area contributed by atoms with E-state index in [2.05, 4.69) is 4.74 Å². The third kappa shape index (κ3) is 17.1. The zero-order chi connectivity index (χ0) is 17.3. The molecular formula is C19H36O4. The van der Waals surface area contributed by atoms with Gasteiger partial charge in [0.2, 0.25) is 0 Å². The molecule has 0 radical (unpaired) electrons. The molecule has 136 valence electrons. The van der Waals surface area contributed by atoms with Gasteiger partial charge in [0.05, 0.1) is 13.2 Å². The molecule has 0 aromatic heterocycles. The average molecular weight is 328 g/mol. The fourth-order valence-electron chi connectivity index (χ4n) is 2.74. The molecule has 0 saturated heterocycles. The normalized spacial score (nSPS) is 12.0. The second-order valence-corrected chi connectivity index (χ2v) is 6.42. The Bertz CT molecular complexity index is 302. The van der Waals surface area contributed by atoms with Crippen molar-refractivity contribution >= 4 is 11.9 Å². The molecule has 23 heavy (non-hydrogen) atoms. The van der Waals surface area contributed by atoms with Crippen LogP contribution >= 0.6 is 0 Å². The van der Waals surface area contributed by atoms with Crippen LogP contribution in [0.15, 0.2) is 0 Å². The summed E-state index contributed by atoms with van der Waals surface area (Å²) in [5, 5.41) is 0. The molecule has 0 spiro atoms. The van der Waals surface area contributed by atoms with Gasteiger partial charge in [-0.25, -0.2) is 0 Å². The van der Waals surface area contributed by atoms with Crippen LogP contribution < -0.4 is 0 Å². The highest BCUT2D eigenvalue weighted by Gasteiger charge is 2.04. The number of carbonyl (C=O) groups is 2. The first-order valence-electron chi connectivity index (χ1n) is 9.30. The van der Waals surface area contributed by atoms with Gasteiger partial charge in [-0.2, -0.15) is 0 Å². The summed E-state index contributed by atoms with van der Waals surface area (Å²) in [6.45, 7) is 3.43. The molecule has 0 N–H and O–H groups in total. The Labute approximate surface area is 142 Å². The molecule has 0 aromatic carbocycles. The number of unbranched alkanes of at least 4 members (excludes halogenated alkanes) is 10. The van der Waals surface area contributed by atoms with Crippen LogP contribution in [-0.4, -0.2) is 25.2 Å². The largest absolute Gasteiger partial charge is 0.469 e. The molecule has 0 saturated carbocycles. The van der Waals surface area contributed by atoms with Gasteiger partial charge in [-0.1, -0.05) is 57.8 Å². The maximum Gasteiger partial charge on any atom is 0.305 e. The maximum absolute atomic E-state index is 10.9. The molecule has 0 aromatic rings. The van der Waals surface area contributed by atoms with Gasteiger partial charge in [-0.3, -0.25) is 9.59 Å². The zero-order valence-electron chi connectivity index (χ0n) is 15.4. The van der Waals surface area contributed by atoms with E-state index < -0.39 is 0 Å². The van der Waals surface area contributed by atoms with Crippen molar-refractivity contribution in [1.82, 2.24) is 0 Å². The van der Waals surface area contributed by atoms with Gasteiger partial charge in [-0.05, 0) is 26.2 Å². The number of hydrogen-bond acceptors (Lipinski definition) is 4. The van der Waals surface area contributed by atoms with Gasteiger partial charge in [0.25, 0.3) is 0 Å². The first-order chi connectivity index (χ1) is 11.1. The van der Waals surface area contributed by atoms with Gasteiger partial charge in [0.1, 0.15) is 0 Å². The van der Waals surface area contributed by atoms with E-state index >= 15 is 0 Å². The Morgan fingerprint density at radius 1 is 0.783 bits per heavy atom. The van der Waals surface area contributed by atoms with Gasteiger partial charge in [0.15, 0.2) is 0 Å². The van der Waals surface area contributed by atoms with Crippen molar-refractivity contribution in [1.29, 1.82) is 0 Å². The monoisotopic (exact) mass is 328 g/mol. The van der Waals surface area contributed by atoms with E-state index in [1.807, 2.05) is 6.92 Å². The van der Waals surface area contributed by atoms with E-state index in [9.17, 15) is 9.59 Å². The summed E-state index contributed by atoms with van der Waals surface area (Å²) in [5.74, 6) is -0.268. The molecule has 0 heterocycles. The molecule has 1 atom stereocenters. The van der Waals surface area contributed by atoms with Crippen molar-refractivity contribution in [2.24, 2.45) is 0 Å². The van der Waals surface area contributed by atoms with Crippen LogP contribution in [0.4, 0.5) is 0 Å². The molecule has 0 aliphatic rings. The van der Waals surface area contributed by atoms with E-state index in [0.717, 1.165) is 25.7 Å². The van der Waals surface area contributed by atoms with Crippen molar-refractivity contribution in [2.75, 3.05) is 7.11 Å². The van der Waals surface area contributed by atoms with Crippen LogP contribution in [0.5, 0.6) is 0 Å². The first-order valence-corrected chi connectivity index (χ1v) is 9.30. The standard InChI is InChI=1S/C19H36O4/c1-17(23-18(2)20)15-13-11-9-7-5-4-6-8-10-12-14-16-19(21)22-3/h17H,4-16H2,1-3H3. The number of rotatable bonds is 15. The Morgan fingerprint density at radius 2 is 1.22 bits per heavy atom. The Kier molecular flexibility index (Phi) is 15.1. The number of ether oxygens (including phenoxy) is 2. The molecule has 4 heteroatoms. The predicted molar refractivity (Wildman–Crippen MR) is 93.3 cm³/mol. The van der Waals surface area contributed by atoms with Gasteiger partial charge in [0, 0.05) is 13.3 Å². The van der Waals surface area contributed by atoms with Gasteiger partial charge in [-0.15, -0.1) is 0 Å². The minimum absolute atomic E-state index is 0.0617. The highest BCUT2D eigenvalue weighted by atomic mass is 16.5. The summed E-state index contributed by atoms with van der Waals surface area (Å²) in [6.07, 6.45) is 15.1. The van der Waals surface area contributed by atoms with Crippen molar-refractivity contribution in [3.8, 4) is 0 Å². The van der Waals surface area contributed by atoms with Crippen LogP contribution in [0.2, 0.25) is 0 Å². The van der Waals surface area contributed by atoms with Gasteiger partial charge >= 0.3 is 11.9 Å². The lowest BCUT2D eigenvalue weighted by Gasteiger charge is -2.11. The predicted octanol–water partition coefficient (Wildman–Crippen LogP) is 5.18. The highest BCUT2D eigenvalue weighted by molar-refractivity contribution is 5.68. The minimum Gasteiger partial charge on any atom is -0.469 e. The molecule has 4 nitrogen and oxygen atoms in total. The van der Waals surface area contributed by atoms with Crippen LogP contribution in [-0.2, 0) is 19.1 Å². The van der Waals surface area contributed by atoms with E-state index in [0.29, 0.717) is 6.42 Å². The second kappa shape index (κ2) is 15.8. The topological polar surface area (TPSA) is 52.6 Å². The van der Waals surface area contributed by atoms with Crippen LogP contribution in [0.3, 0.4) is 0 Å². The number of methoxy groups -OCH3 is 1. The molecule has 0 fully saturated rings. The number of esters is 2. The molecule has 0 amide bonds. The lowest BCUT2D eigenvalue weighted by molar-refractivity contribution is -0.145. The fourth-order valence-corrected chi connectivity index (χ4v) is 2.74. The smallest absolute Gasteiger partial charge is 0.305 e. The Balaban J connectivity index is 3.13. The Morgan fingerprint density at radius 3 is 1.65 bits per heavy atom. The summed E-state index contributed by atoms with van der Waals surface area (Å²) in [5.41, 5.74) is 0. The molecule has 0 aliphatic carbocycles. The summed E-state index contributed by atoms with van der Waals surface area (Å²) in [4.78, 5) is 21.7. The lowest BCUT2D eigenvalue weighted by atomic mass is 10.0. The van der Waals surface area contributed by atoms with Crippen molar-refractivity contribution < 1.29 is 19.1 Å². The lowest BCUT2D eigenvalue weighted by Crippen LogP contribution is -2.11.